The molecule has 0 saturated carbocycles. The van der Waals surface area contributed by atoms with Crippen LogP contribution < -0.4 is 10.2 Å². The minimum Gasteiger partial charge on any atom is -0.378 e. The van der Waals surface area contributed by atoms with E-state index in [4.69, 9.17) is 4.74 Å². The summed E-state index contributed by atoms with van der Waals surface area (Å²) in [6.45, 7) is 5.74. The second-order valence-corrected chi connectivity index (χ2v) is 10.7. The molecule has 8 heteroatoms. The van der Waals surface area contributed by atoms with Gasteiger partial charge in [0.25, 0.3) is 0 Å². The zero-order valence-corrected chi connectivity index (χ0v) is 20.1. The molecule has 0 spiro atoms. The summed E-state index contributed by atoms with van der Waals surface area (Å²) in [6, 6.07) is 13.3. The molecule has 0 radical (unpaired) electrons. The highest BCUT2D eigenvalue weighted by Crippen LogP contribution is 2.32. The van der Waals surface area contributed by atoms with E-state index in [1.807, 2.05) is 37.3 Å². The number of benzene rings is 2. The number of hydrogen-bond donors (Lipinski definition) is 1. The fourth-order valence-corrected chi connectivity index (χ4v) is 5.88. The van der Waals surface area contributed by atoms with E-state index in [1.165, 1.54) is 5.56 Å². The second kappa shape index (κ2) is 10.7. The summed E-state index contributed by atoms with van der Waals surface area (Å²) >= 11 is 0. The maximum absolute atomic E-state index is 13.2. The summed E-state index contributed by atoms with van der Waals surface area (Å²) in [7, 11) is -3.59. The van der Waals surface area contributed by atoms with Gasteiger partial charge in [0, 0.05) is 32.6 Å². The van der Waals surface area contributed by atoms with Crippen molar-refractivity contribution in [3.05, 3.63) is 53.6 Å². The fraction of sp³-hybridized carbons (Fsp3) is 0.480. The Morgan fingerprint density at radius 3 is 2.36 bits per heavy atom. The number of sulfonamides is 1. The van der Waals surface area contributed by atoms with Crippen molar-refractivity contribution >= 4 is 27.3 Å². The molecule has 2 aromatic rings. The third-order valence-corrected chi connectivity index (χ3v) is 8.20. The second-order valence-electron chi connectivity index (χ2n) is 8.78. The minimum absolute atomic E-state index is 0.127. The Morgan fingerprint density at radius 2 is 1.67 bits per heavy atom. The Kier molecular flexibility index (Phi) is 7.67. The Balaban J connectivity index is 1.55. The predicted octanol–water partition coefficient (Wildman–Crippen LogP) is 3.58. The number of ether oxygens (including phenoxy) is 1. The van der Waals surface area contributed by atoms with Crippen LogP contribution in [0.15, 0.2) is 47.4 Å². The van der Waals surface area contributed by atoms with Crippen LogP contribution in [0.5, 0.6) is 0 Å². The van der Waals surface area contributed by atoms with Gasteiger partial charge >= 0.3 is 0 Å². The standard InChI is InChI=1S/C25H33N3O4S/c1-20-5-7-21(8-6-20)9-12-25(29)26-23-19-22(33(30,31)28-13-3-2-4-14-28)10-11-24(23)27-15-17-32-18-16-27/h5-8,10-11,19H,2-4,9,12-18H2,1H3,(H,26,29). The van der Waals surface area contributed by atoms with Gasteiger partial charge in [0.1, 0.15) is 0 Å². The Hall–Kier alpha value is -2.42. The van der Waals surface area contributed by atoms with Gasteiger partial charge in [0.2, 0.25) is 15.9 Å². The Bertz CT molecular complexity index is 1060. The lowest BCUT2D eigenvalue weighted by molar-refractivity contribution is -0.116. The summed E-state index contributed by atoms with van der Waals surface area (Å²) in [5.41, 5.74) is 3.67. The van der Waals surface area contributed by atoms with E-state index in [-0.39, 0.29) is 10.8 Å². The lowest BCUT2D eigenvalue weighted by Gasteiger charge is -2.31. The molecule has 2 aromatic carbocycles. The molecule has 7 nitrogen and oxygen atoms in total. The zero-order valence-electron chi connectivity index (χ0n) is 19.3. The molecular weight excluding hydrogens is 438 g/mol. The molecule has 2 saturated heterocycles. The van der Waals surface area contributed by atoms with Crippen molar-refractivity contribution in [2.24, 2.45) is 0 Å². The summed E-state index contributed by atoms with van der Waals surface area (Å²) in [6.07, 6.45) is 3.78. The van der Waals surface area contributed by atoms with Crippen LogP contribution in [0, 0.1) is 6.92 Å². The van der Waals surface area contributed by atoms with Gasteiger partial charge in [-0.25, -0.2) is 8.42 Å². The molecule has 2 fully saturated rings. The number of carbonyl (C=O) groups is 1. The molecule has 1 amide bonds. The van der Waals surface area contributed by atoms with Crippen molar-refractivity contribution in [2.75, 3.05) is 49.6 Å². The van der Waals surface area contributed by atoms with Gasteiger partial charge in [-0.15, -0.1) is 0 Å². The monoisotopic (exact) mass is 471 g/mol. The smallest absolute Gasteiger partial charge is 0.243 e. The van der Waals surface area contributed by atoms with Gasteiger partial charge in [-0.05, 0) is 49.9 Å². The van der Waals surface area contributed by atoms with Gasteiger partial charge in [0.15, 0.2) is 0 Å². The first-order chi connectivity index (χ1) is 15.9. The van der Waals surface area contributed by atoms with Crippen LogP contribution in [0.3, 0.4) is 0 Å². The van der Waals surface area contributed by atoms with E-state index in [9.17, 15) is 13.2 Å². The number of nitrogens with one attached hydrogen (secondary N) is 1. The highest BCUT2D eigenvalue weighted by molar-refractivity contribution is 7.89. The highest BCUT2D eigenvalue weighted by Gasteiger charge is 2.27. The van der Waals surface area contributed by atoms with Crippen LogP contribution >= 0.6 is 0 Å². The quantitative estimate of drug-likeness (QED) is 0.668. The van der Waals surface area contributed by atoms with Gasteiger partial charge in [-0.1, -0.05) is 36.2 Å². The maximum atomic E-state index is 13.2. The van der Waals surface area contributed by atoms with Crippen molar-refractivity contribution in [1.29, 1.82) is 0 Å². The van der Waals surface area contributed by atoms with E-state index in [2.05, 4.69) is 10.2 Å². The molecule has 2 aliphatic heterocycles. The number of amides is 1. The molecule has 0 aliphatic carbocycles. The Labute approximate surface area is 196 Å². The number of anilines is 2. The first kappa shape index (κ1) is 23.7. The van der Waals surface area contributed by atoms with Crippen molar-refractivity contribution in [3.63, 3.8) is 0 Å². The fourth-order valence-electron chi connectivity index (χ4n) is 4.34. The maximum Gasteiger partial charge on any atom is 0.243 e. The lowest BCUT2D eigenvalue weighted by Crippen LogP contribution is -2.37. The predicted molar refractivity (Wildman–Crippen MR) is 130 cm³/mol. The lowest BCUT2D eigenvalue weighted by atomic mass is 10.1. The number of morpholine rings is 1. The number of hydrogen-bond acceptors (Lipinski definition) is 5. The van der Waals surface area contributed by atoms with E-state index in [0.29, 0.717) is 57.9 Å². The summed E-state index contributed by atoms with van der Waals surface area (Å²) < 4.78 is 33.5. The van der Waals surface area contributed by atoms with Crippen molar-refractivity contribution in [1.82, 2.24) is 4.31 Å². The molecule has 0 unspecified atom stereocenters. The molecule has 178 valence electrons. The zero-order chi connectivity index (χ0) is 23.3. The van der Waals surface area contributed by atoms with Crippen LogP contribution in [-0.4, -0.2) is 58.0 Å². The summed E-state index contributed by atoms with van der Waals surface area (Å²) in [4.78, 5) is 15.2. The third kappa shape index (κ3) is 5.93. The molecule has 0 atom stereocenters. The van der Waals surface area contributed by atoms with Gasteiger partial charge in [-0.3, -0.25) is 4.79 Å². The average Bonchev–Trinajstić information content (AvgIpc) is 2.85. The molecule has 0 aromatic heterocycles. The topological polar surface area (TPSA) is 79.0 Å². The van der Waals surface area contributed by atoms with E-state index in [0.717, 1.165) is 30.5 Å². The van der Waals surface area contributed by atoms with E-state index in [1.54, 1.807) is 16.4 Å². The summed E-state index contributed by atoms with van der Waals surface area (Å²) in [5.74, 6) is -0.127. The number of piperidine rings is 1. The molecule has 0 bridgehead atoms. The first-order valence-electron chi connectivity index (χ1n) is 11.8. The molecule has 2 aliphatic rings. The van der Waals surface area contributed by atoms with Crippen LogP contribution in [0.1, 0.15) is 36.8 Å². The largest absolute Gasteiger partial charge is 0.378 e. The SMILES string of the molecule is Cc1ccc(CCC(=O)Nc2cc(S(=O)(=O)N3CCCCC3)ccc2N2CCOCC2)cc1. The van der Waals surface area contributed by atoms with Crippen molar-refractivity contribution in [3.8, 4) is 0 Å². The number of nitrogens with zero attached hydrogens (tertiary/aromatic N) is 2. The number of rotatable bonds is 7. The minimum atomic E-state index is -3.59. The van der Waals surface area contributed by atoms with E-state index >= 15 is 0 Å². The Morgan fingerprint density at radius 1 is 0.970 bits per heavy atom. The molecule has 2 heterocycles. The van der Waals surface area contributed by atoms with Crippen LogP contribution in [0.25, 0.3) is 0 Å². The molecule has 33 heavy (non-hydrogen) atoms. The van der Waals surface area contributed by atoms with Gasteiger partial charge in [-0.2, -0.15) is 4.31 Å². The van der Waals surface area contributed by atoms with Crippen molar-refractivity contribution < 1.29 is 17.9 Å². The normalized spacial score (nSPS) is 17.7. The summed E-state index contributed by atoms with van der Waals surface area (Å²) in [5, 5.41) is 3.00. The van der Waals surface area contributed by atoms with Crippen molar-refractivity contribution in [2.45, 2.75) is 43.9 Å². The highest BCUT2D eigenvalue weighted by atomic mass is 32.2. The average molecular weight is 472 g/mol. The van der Waals surface area contributed by atoms with Gasteiger partial charge < -0.3 is 15.0 Å². The van der Waals surface area contributed by atoms with Crippen LogP contribution in [0.4, 0.5) is 11.4 Å². The number of carbonyl (C=O) groups excluding carboxylic acids is 1. The molecule has 1 N–H and O–H groups in total. The first-order valence-corrected chi connectivity index (χ1v) is 13.2. The van der Waals surface area contributed by atoms with Crippen LogP contribution in [-0.2, 0) is 26.0 Å². The van der Waals surface area contributed by atoms with Crippen LogP contribution in [0.2, 0.25) is 0 Å². The third-order valence-electron chi connectivity index (χ3n) is 6.31. The number of aryl methyl sites for hydroxylation is 2. The molecular formula is C25H33N3O4S. The molecule has 4 rings (SSSR count). The van der Waals surface area contributed by atoms with Gasteiger partial charge in [0.05, 0.1) is 29.5 Å². The van der Waals surface area contributed by atoms with E-state index < -0.39 is 10.0 Å².